The maximum atomic E-state index is 12.7. The lowest BCUT2D eigenvalue weighted by Gasteiger charge is -2.31. The maximum Gasteiger partial charge on any atom is 0.226 e. The van der Waals surface area contributed by atoms with Crippen molar-refractivity contribution in [3.8, 4) is 0 Å². The van der Waals surface area contributed by atoms with E-state index in [9.17, 15) is 9.59 Å². The van der Waals surface area contributed by atoms with E-state index in [4.69, 9.17) is 0 Å². The first-order valence-corrected chi connectivity index (χ1v) is 10.4. The minimum Gasteiger partial charge on any atom is -0.352 e. The molecule has 4 rings (SSSR count). The van der Waals surface area contributed by atoms with E-state index < -0.39 is 0 Å². The Morgan fingerprint density at radius 3 is 2.46 bits per heavy atom. The zero-order chi connectivity index (χ0) is 19.3. The van der Waals surface area contributed by atoms with E-state index in [1.54, 1.807) is 0 Å². The predicted octanol–water partition coefficient (Wildman–Crippen LogP) is 3.27. The number of benzene rings is 2. The highest BCUT2D eigenvalue weighted by atomic mass is 16.2. The van der Waals surface area contributed by atoms with Crippen molar-refractivity contribution in [2.75, 3.05) is 13.1 Å². The van der Waals surface area contributed by atoms with Gasteiger partial charge >= 0.3 is 0 Å². The third-order valence-electron chi connectivity index (χ3n) is 6.05. The number of aryl methyl sites for hydroxylation is 2. The average Bonchev–Trinajstić information content (AvgIpc) is 3.21. The van der Waals surface area contributed by atoms with Crippen LogP contribution in [0.2, 0.25) is 0 Å². The SMILES string of the molecule is O=C(NCc1ccccc1)C1CCN(C(=O)Cc2ccc3c(c2)CCC3)CC1. The summed E-state index contributed by atoms with van der Waals surface area (Å²) in [6, 6.07) is 16.5. The normalized spacial score (nSPS) is 16.6. The highest BCUT2D eigenvalue weighted by Gasteiger charge is 2.27. The number of hydrogen-bond acceptors (Lipinski definition) is 2. The first kappa shape index (κ1) is 18.7. The van der Waals surface area contributed by atoms with Crippen LogP contribution < -0.4 is 5.32 Å². The number of amides is 2. The molecule has 4 nitrogen and oxygen atoms in total. The summed E-state index contributed by atoms with van der Waals surface area (Å²) >= 11 is 0. The van der Waals surface area contributed by atoms with Crippen LogP contribution in [0.1, 0.15) is 41.5 Å². The van der Waals surface area contributed by atoms with Crippen LogP contribution in [0.15, 0.2) is 48.5 Å². The van der Waals surface area contributed by atoms with Crippen LogP contribution >= 0.6 is 0 Å². The Morgan fingerprint density at radius 1 is 0.929 bits per heavy atom. The van der Waals surface area contributed by atoms with Gasteiger partial charge in [0, 0.05) is 25.6 Å². The smallest absolute Gasteiger partial charge is 0.226 e. The van der Waals surface area contributed by atoms with Gasteiger partial charge < -0.3 is 10.2 Å². The molecule has 1 aliphatic carbocycles. The molecule has 28 heavy (non-hydrogen) atoms. The first-order chi connectivity index (χ1) is 13.7. The molecule has 1 aliphatic heterocycles. The van der Waals surface area contributed by atoms with E-state index in [0.717, 1.165) is 30.4 Å². The number of fused-ring (bicyclic) bond motifs is 1. The van der Waals surface area contributed by atoms with E-state index in [1.165, 1.54) is 24.0 Å². The van der Waals surface area contributed by atoms with Crippen molar-refractivity contribution in [3.63, 3.8) is 0 Å². The summed E-state index contributed by atoms with van der Waals surface area (Å²) < 4.78 is 0. The van der Waals surface area contributed by atoms with Crippen LogP contribution in [0, 0.1) is 5.92 Å². The molecule has 2 aliphatic rings. The highest BCUT2D eigenvalue weighted by molar-refractivity contribution is 5.81. The number of likely N-dealkylation sites (tertiary alicyclic amines) is 1. The molecule has 2 aromatic rings. The van der Waals surface area contributed by atoms with Crippen molar-refractivity contribution in [1.29, 1.82) is 0 Å². The second-order valence-corrected chi connectivity index (χ2v) is 7.99. The lowest BCUT2D eigenvalue weighted by molar-refractivity contribution is -0.135. The second-order valence-electron chi connectivity index (χ2n) is 7.99. The van der Waals surface area contributed by atoms with Crippen molar-refractivity contribution in [3.05, 3.63) is 70.8 Å². The number of hydrogen-bond donors (Lipinski definition) is 1. The van der Waals surface area contributed by atoms with Crippen LogP contribution in [0.3, 0.4) is 0 Å². The molecule has 0 saturated carbocycles. The molecule has 4 heteroatoms. The predicted molar refractivity (Wildman–Crippen MR) is 110 cm³/mol. The molecule has 1 N–H and O–H groups in total. The van der Waals surface area contributed by atoms with Crippen molar-refractivity contribution < 1.29 is 9.59 Å². The zero-order valence-corrected chi connectivity index (χ0v) is 16.3. The first-order valence-electron chi connectivity index (χ1n) is 10.4. The fourth-order valence-electron chi connectivity index (χ4n) is 4.34. The van der Waals surface area contributed by atoms with Gasteiger partial charge in [-0.2, -0.15) is 0 Å². The van der Waals surface area contributed by atoms with Gasteiger partial charge in [0.05, 0.1) is 6.42 Å². The minimum absolute atomic E-state index is 0.00718. The molecular weight excluding hydrogens is 348 g/mol. The van der Waals surface area contributed by atoms with Gasteiger partial charge in [0.1, 0.15) is 0 Å². The van der Waals surface area contributed by atoms with Crippen LogP contribution in [-0.2, 0) is 35.4 Å². The molecule has 1 heterocycles. The van der Waals surface area contributed by atoms with E-state index in [1.807, 2.05) is 35.2 Å². The topological polar surface area (TPSA) is 49.4 Å². The summed E-state index contributed by atoms with van der Waals surface area (Å²) in [5, 5.41) is 3.03. The minimum atomic E-state index is 0.00718. The second kappa shape index (κ2) is 8.59. The molecule has 2 aromatic carbocycles. The Morgan fingerprint density at radius 2 is 1.68 bits per heavy atom. The van der Waals surface area contributed by atoms with Gasteiger partial charge in [-0.05, 0) is 54.4 Å². The average molecular weight is 377 g/mol. The van der Waals surface area contributed by atoms with Gasteiger partial charge in [-0.25, -0.2) is 0 Å². The summed E-state index contributed by atoms with van der Waals surface area (Å²) in [6.07, 6.45) is 5.50. The van der Waals surface area contributed by atoms with E-state index in [2.05, 4.69) is 23.5 Å². The van der Waals surface area contributed by atoms with E-state index in [0.29, 0.717) is 26.1 Å². The Balaban J connectivity index is 1.24. The number of nitrogens with one attached hydrogen (secondary N) is 1. The van der Waals surface area contributed by atoms with E-state index >= 15 is 0 Å². The van der Waals surface area contributed by atoms with Gasteiger partial charge in [-0.15, -0.1) is 0 Å². The fraction of sp³-hybridized carbons (Fsp3) is 0.417. The number of carbonyl (C=O) groups excluding carboxylic acids is 2. The quantitative estimate of drug-likeness (QED) is 0.871. The fourth-order valence-corrected chi connectivity index (χ4v) is 4.34. The van der Waals surface area contributed by atoms with Gasteiger partial charge in [0.25, 0.3) is 0 Å². The lowest BCUT2D eigenvalue weighted by Crippen LogP contribution is -2.43. The van der Waals surface area contributed by atoms with Gasteiger partial charge in [0.2, 0.25) is 11.8 Å². The third kappa shape index (κ3) is 4.44. The zero-order valence-electron chi connectivity index (χ0n) is 16.3. The van der Waals surface area contributed by atoms with Crippen LogP contribution in [0.4, 0.5) is 0 Å². The number of piperidine rings is 1. The number of carbonyl (C=O) groups is 2. The van der Waals surface area contributed by atoms with Gasteiger partial charge in [-0.3, -0.25) is 9.59 Å². The summed E-state index contributed by atoms with van der Waals surface area (Å²) in [4.78, 5) is 27.0. The Bertz CT molecular complexity index is 839. The van der Waals surface area contributed by atoms with Crippen LogP contribution in [0.5, 0.6) is 0 Å². The molecule has 146 valence electrons. The summed E-state index contributed by atoms with van der Waals surface area (Å²) in [5.74, 6) is 0.295. The molecule has 0 spiro atoms. The van der Waals surface area contributed by atoms with Crippen molar-refractivity contribution >= 4 is 11.8 Å². The molecule has 0 bridgehead atoms. The Labute approximate surface area is 166 Å². The molecule has 2 amide bonds. The molecule has 0 unspecified atom stereocenters. The molecular formula is C24H28N2O2. The van der Waals surface area contributed by atoms with Crippen LogP contribution in [-0.4, -0.2) is 29.8 Å². The van der Waals surface area contributed by atoms with Crippen LogP contribution in [0.25, 0.3) is 0 Å². The summed E-state index contributed by atoms with van der Waals surface area (Å²) in [7, 11) is 0. The number of rotatable bonds is 5. The van der Waals surface area contributed by atoms with E-state index in [-0.39, 0.29) is 17.7 Å². The van der Waals surface area contributed by atoms with Crippen molar-refractivity contribution in [2.45, 2.75) is 45.1 Å². The largest absolute Gasteiger partial charge is 0.352 e. The molecule has 0 aromatic heterocycles. The molecule has 0 atom stereocenters. The standard InChI is InChI=1S/C24H28N2O2/c27-23(16-19-9-10-20-7-4-8-22(20)15-19)26-13-11-21(12-14-26)24(28)25-17-18-5-2-1-3-6-18/h1-3,5-6,9-10,15,21H,4,7-8,11-14,16-17H2,(H,25,28). The summed E-state index contributed by atoms with van der Waals surface area (Å²) in [6.45, 7) is 1.91. The monoisotopic (exact) mass is 376 g/mol. The summed E-state index contributed by atoms with van der Waals surface area (Å²) in [5.41, 5.74) is 5.09. The van der Waals surface area contributed by atoms with Crippen molar-refractivity contribution in [2.24, 2.45) is 5.92 Å². The maximum absolute atomic E-state index is 12.7. The molecule has 1 fully saturated rings. The van der Waals surface area contributed by atoms with Gasteiger partial charge in [0.15, 0.2) is 0 Å². The third-order valence-corrected chi connectivity index (χ3v) is 6.05. The Hall–Kier alpha value is -2.62. The number of nitrogens with zero attached hydrogens (tertiary/aromatic N) is 1. The highest BCUT2D eigenvalue weighted by Crippen LogP contribution is 2.24. The molecule has 0 radical (unpaired) electrons. The molecule has 1 saturated heterocycles. The van der Waals surface area contributed by atoms with Crippen molar-refractivity contribution in [1.82, 2.24) is 10.2 Å². The lowest BCUT2D eigenvalue weighted by atomic mass is 9.95. The van der Waals surface area contributed by atoms with Gasteiger partial charge in [-0.1, -0.05) is 48.5 Å². The Kier molecular flexibility index (Phi) is 5.75.